The Morgan fingerprint density at radius 3 is 1.43 bits per heavy atom. The third kappa shape index (κ3) is 15.1. The molecule has 0 aliphatic carbocycles. The van der Waals surface area contributed by atoms with Gasteiger partial charge in [-0.25, -0.2) is 16.8 Å². The number of nitro groups is 2. The van der Waals surface area contributed by atoms with Gasteiger partial charge in [-0.15, -0.1) is 22.7 Å². The maximum atomic E-state index is 13.2. The van der Waals surface area contributed by atoms with Crippen molar-refractivity contribution in [1.29, 1.82) is 0 Å². The number of hydrogen-bond donors (Lipinski definition) is 4. The Morgan fingerprint density at radius 1 is 0.600 bits per heavy atom. The van der Waals surface area contributed by atoms with Crippen molar-refractivity contribution in [1.82, 2.24) is 19.2 Å². The Morgan fingerprint density at radius 2 is 1.03 bits per heavy atom. The molecule has 2 saturated heterocycles. The zero-order valence-corrected chi connectivity index (χ0v) is 45.5. The van der Waals surface area contributed by atoms with Gasteiger partial charge in [-0.1, -0.05) is 58.4 Å². The maximum Gasteiger partial charge on any atom is 0.269 e. The van der Waals surface area contributed by atoms with Crippen LogP contribution < -0.4 is 21.3 Å². The van der Waals surface area contributed by atoms with Gasteiger partial charge >= 0.3 is 0 Å². The van der Waals surface area contributed by atoms with Gasteiger partial charge in [0.1, 0.15) is 8.42 Å². The normalized spacial score (nSPS) is 15.0. The lowest BCUT2D eigenvalue weighted by atomic mass is 9.87. The second-order valence-corrected chi connectivity index (χ2v) is 26.0. The van der Waals surface area contributed by atoms with Crippen LogP contribution in [-0.4, -0.2) is 85.4 Å². The fraction of sp³-hybridized carbons (Fsp3) is 0.358. The number of nitrogens with zero attached hydrogens (tertiary/aromatic N) is 4. The second-order valence-electron chi connectivity index (χ2n) is 19.3. The standard InChI is InChI=1S/C27H32N4O5S2.C26H30N4O5S2/c1-27(2,3)20-5-4-6-22(17-20)29-21-13-15-30(16-14-21)38(35,36)25-12-11-24(37-25)18-28-26(32)19-7-9-23(10-8-19)31(33)34;1-2-3-19-4-8-21(9-5-19)28-22-14-16-29(17-15-22)37(34,35)25-13-12-24(36-25)18-27-26(31)20-6-10-23(11-7-20)30(32)33/h4-12,17,21,29H,13-16,18H2,1-3H3,(H,28,32);4-13,22,28H,2-3,14-18H2,1H3,(H,27,31). The number of hydrogen-bond acceptors (Lipinski definition) is 14. The molecule has 0 atom stereocenters. The number of rotatable bonds is 18. The molecule has 4 heterocycles. The minimum atomic E-state index is -3.62. The summed E-state index contributed by atoms with van der Waals surface area (Å²) >= 11 is 2.27. The van der Waals surface area contributed by atoms with Crippen molar-refractivity contribution < 1.29 is 36.3 Å². The fourth-order valence-corrected chi connectivity index (χ4v) is 14.4. The lowest BCUT2D eigenvalue weighted by Crippen LogP contribution is -2.42. The van der Waals surface area contributed by atoms with Crippen molar-refractivity contribution in [3.05, 3.63) is 174 Å². The highest BCUT2D eigenvalue weighted by Gasteiger charge is 2.32. The topological polar surface area (TPSA) is 243 Å². The van der Waals surface area contributed by atoms with Crippen molar-refractivity contribution >= 4 is 77.3 Å². The summed E-state index contributed by atoms with van der Waals surface area (Å²) in [6.07, 6.45) is 5.04. The van der Waals surface area contributed by atoms with Crippen molar-refractivity contribution in [2.45, 2.75) is 105 Å². The largest absolute Gasteiger partial charge is 0.382 e. The summed E-state index contributed by atoms with van der Waals surface area (Å²) in [6.45, 7) is 10.8. The smallest absolute Gasteiger partial charge is 0.269 e. The molecule has 22 heteroatoms. The van der Waals surface area contributed by atoms with Gasteiger partial charge in [0.05, 0.1) is 22.9 Å². The molecule has 2 amide bonds. The van der Waals surface area contributed by atoms with Crippen LogP contribution in [0.2, 0.25) is 0 Å². The van der Waals surface area contributed by atoms with Crippen LogP contribution in [0.15, 0.2) is 130 Å². The lowest BCUT2D eigenvalue weighted by molar-refractivity contribution is -0.385. The minimum Gasteiger partial charge on any atom is -0.382 e. The van der Waals surface area contributed by atoms with Gasteiger partial charge in [0, 0.05) is 94.8 Å². The minimum absolute atomic E-state index is 0.0578. The lowest BCUT2D eigenvalue weighted by Gasteiger charge is -2.32. The molecule has 0 bridgehead atoms. The van der Waals surface area contributed by atoms with Gasteiger partial charge < -0.3 is 21.3 Å². The van der Waals surface area contributed by atoms with Crippen LogP contribution in [0.4, 0.5) is 22.7 Å². The van der Waals surface area contributed by atoms with Gasteiger partial charge in [-0.05, 0) is 121 Å². The number of nitro benzene ring substituents is 2. The van der Waals surface area contributed by atoms with E-state index in [1.165, 1.54) is 68.3 Å². The first-order valence-electron chi connectivity index (χ1n) is 24.6. The van der Waals surface area contributed by atoms with Crippen LogP contribution in [0, 0.1) is 20.2 Å². The van der Waals surface area contributed by atoms with E-state index in [0.717, 1.165) is 59.7 Å². The number of anilines is 2. The van der Waals surface area contributed by atoms with Crippen molar-refractivity contribution in [3.63, 3.8) is 0 Å². The molecule has 398 valence electrons. The molecule has 4 N–H and O–H groups in total. The summed E-state index contributed by atoms with van der Waals surface area (Å²) in [5.41, 5.74) is 5.13. The van der Waals surface area contributed by atoms with Crippen LogP contribution in [0.25, 0.3) is 0 Å². The SMILES string of the molecule is CC(C)(C)c1cccc(NC2CCN(S(=O)(=O)c3ccc(CNC(=O)c4ccc([N+](=O)[O-])cc4)s3)CC2)c1.CCCc1ccc(NC2CCN(S(=O)(=O)c3ccc(CNC(=O)c4ccc([N+](=O)[O-])cc4)s3)CC2)cc1. The molecule has 2 aliphatic rings. The molecule has 6 aromatic rings. The number of benzene rings is 4. The second kappa shape index (κ2) is 24.9. The first kappa shape index (κ1) is 56.2. The monoisotopic (exact) mass is 1100 g/mol. The van der Waals surface area contributed by atoms with E-state index < -0.39 is 29.9 Å². The maximum absolute atomic E-state index is 13.2. The summed E-state index contributed by atoms with van der Waals surface area (Å²) in [7, 11) is -7.23. The van der Waals surface area contributed by atoms with E-state index in [1.54, 1.807) is 24.3 Å². The molecule has 2 fully saturated rings. The summed E-state index contributed by atoms with van der Waals surface area (Å²) in [5, 5.41) is 34.1. The van der Waals surface area contributed by atoms with Crippen LogP contribution >= 0.6 is 22.7 Å². The molecule has 75 heavy (non-hydrogen) atoms. The number of carbonyl (C=O) groups is 2. The van der Waals surface area contributed by atoms with E-state index in [-0.39, 0.29) is 62.2 Å². The van der Waals surface area contributed by atoms with E-state index in [2.05, 4.69) is 85.4 Å². The highest BCUT2D eigenvalue weighted by molar-refractivity contribution is 7.91. The summed E-state index contributed by atoms with van der Waals surface area (Å²) in [6, 6.07) is 34.4. The molecule has 2 aliphatic heterocycles. The molecule has 4 aromatic carbocycles. The number of thiophene rings is 2. The molecular formula is C53H62N8O10S4. The molecule has 18 nitrogen and oxygen atoms in total. The average Bonchev–Trinajstić information content (AvgIpc) is 4.10. The average molecular weight is 1100 g/mol. The fourth-order valence-electron chi connectivity index (χ4n) is 8.53. The predicted octanol–water partition coefficient (Wildman–Crippen LogP) is 9.95. The van der Waals surface area contributed by atoms with Crippen molar-refractivity contribution in [2.75, 3.05) is 36.8 Å². The molecule has 8 rings (SSSR count). The molecular weight excluding hydrogens is 1040 g/mol. The molecule has 0 spiro atoms. The Kier molecular flexibility index (Phi) is 18.6. The third-order valence-corrected chi connectivity index (χ3v) is 19.8. The number of sulfonamides is 2. The third-order valence-electron chi connectivity index (χ3n) is 12.9. The number of amides is 2. The Balaban J connectivity index is 0.000000219. The van der Waals surface area contributed by atoms with E-state index in [1.807, 2.05) is 12.1 Å². The number of piperidine rings is 2. The number of carbonyl (C=O) groups excluding carboxylic acids is 2. The molecule has 0 radical (unpaired) electrons. The van der Waals surface area contributed by atoms with Gasteiger partial charge in [0.2, 0.25) is 0 Å². The van der Waals surface area contributed by atoms with E-state index in [9.17, 15) is 46.7 Å². The summed E-state index contributed by atoms with van der Waals surface area (Å²) in [4.78, 5) is 46.6. The number of nitrogens with one attached hydrogen (secondary N) is 4. The van der Waals surface area contributed by atoms with Crippen molar-refractivity contribution in [2.24, 2.45) is 0 Å². The zero-order valence-electron chi connectivity index (χ0n) is 42.2. The van der Waals surface area contributed by atoms with E-state index in [0.29, 0.717) is 59.9 Å². The molecule has 0 unspecified atom stereocenters. The van der Waals surface area contributed by atoms with Gasteiger partial charge in [0.25, 0.3) is 43.2 Å². The highest BCUT2D eigenvalue weighted by atomic mass is 32.3. The van der Waals surface area contributed by atoms with Crippen molar-refractivity contribution in [3.8, 4) is 0 Å². The van der Waals surface area contributed by atoms with Gasteiger partial charge in [0.15, 0.2) is 0 Å². The zero-order chi connectivity index (χ0) is 53.9. The summed E-state index contributed by atoms with van der Waals surface area (Å²) < 4.78 is 56.4. The van der Waals surface area contributed by atoms with E-state index in [4.69, 9.17) is 0 Å². The number of aryl methyl sites for hydroxylation is 1. The van der Waals surface area contributed by atoms with Crippen LogP contribution in [-0.2, 0) is 45.0 Å². The highest BCUT2D eigenvalue weighted by Crippen LogP contribution is 2.31. The van der Waals surface area contributed by atoms with E-state index >= 15 is 0 Å². The first-order valence-corrected chi connectivity index (χ1v) is 29.2. The predicted molar refractivity (Wildman–Crippen MR) is 294 cm³/mol. The van der Waals surface area contributed by atoms with Crippen LogP contribution in [0.1, 0.15) is 101 Å². The Bertz CT molecular complexity index is 3160. The van der Waals surface area contributed by atoms with Gasteiger partial charge in [-0.2, -0.15) is 8.61 Å². The Hall–Kier alpha value is -6.56. The van der Waals surface area contributed by atoms with Crippen LogP contribution in [0.5, 0.6) is 0 Å². The quantitative estimate of drug-likeness (QED) is 0.0464. The Labute approximate surface area is 446 Å². The molecule has 0 saturated carbocycles. The number of non-ortho nitro benzene ring substituents is 2. The molecule has 2 aromatic heterocycles. The summed E-state index contributed by atoms with van der Waals surface area (Å²) in [5.74, 6) is -0.775. The van der Waals surface area contributed by atoms with Crippen LogP contribution in [0.3, 0.4) is 0 Å². The van der Waals surface area contributed by atoms with Gasteiger partial charge in [-0.3, -0.25) is 29.8 Å². The first-order chi connectivity index (χ1) is 35.7.